The Morgan fingerprint density at radius 2 is 1.61 bits per heavy atom. The third-order valence-corrected chi connectivity index (χ3v) is 8.06. The Bertz CT molecular complexity index is 1850. The summed E-state index contributed by atoms with van der Waals surface area (Å²) in [5, 5.41) is 20.7. The van der Waals surface area contributed by atoms with E-state index in [4.69, 9.17) is 4.84 Å². The number of fused-ring (bicyclic) bond motifs is 1. The molecular formula is C29H27N7O7S. The summed E-state index contributed by atoms with van der Waals surface area (Å²) < 4.78 is 29.3. The first kappa shape index (κ1) is 29.9. The number of carbonyl (C=O) groups excluding carboxylic acids is 3. The van der Waals surface area contributed by atoms with E-state index in [1.807, 2.05) is 48.9 Å². The first-order chi connectivity index (χ1) is 20.9. The molecule has 0 atom stereocenters. The molecule has 15 heteroatoms. The van der Waals surface area contributed by atoms with Crippen molar-refractivity contribution in [3.8, 4) is 16.9 Å². The number of hydrogen-bond donors (Lipinski definition) is 1. The molecule has 0 spiro atoms. The van der Waals surface area contributed by atoms with Crippen molar-refractivity contribution in [1.82, 2.24) is 24.4 Å². The van der Waals surface area contributed by atoms with E-state index in [0.29, 0.717) is 5.69 Å². The number of hydrogen-bond acceptors (Lipinski definition) is 9. The number of hydrazine groups is 1. The molecule has 1 aromatic heterocycles. The standard InChI is InChI=1S/C29H27N7O7S/c1-19-8-10-21(11-9-19)26-16-20(2)30-35(26)22-12-14-23(15-13-22)44(41,42)31-27(37)17-33(3)36(40)32-43-18-34-28(38)24-6-4-5-7-25(24)29(34)39/h4-16H,17-18H2,1-3H3,(H,31,37)/b36-32-. The van der Waals surface area contributed by atoms with E-state index in [1.165, 1.54) is 31.3 Å². The number of likely N-dealkylation sites (N-methyl/N-ethyl adjacent to an activating group) is 1. The third-order valence-electron chi connectivity index (χ3n) is 6.68. The summed E-state index contributed by atoms with van der Waals surface area (Å²) in [6, 6.07) is 21.9. The van der Waals surface area contributed by atoms with Crippen LogP contribution in [0.1, 0.15) is 32.0 Å². The van der Waals surface area contributed by atoms with Gasteiger partial charge in [-0.1, -0.05) is 42.0 Å². The van der Waals surface area contributed by atoms with Gasteiger partial charge < -0.3 is 10.0 Å². The number of carbonyl (C=O) groups is 3. The normalized spacial score (nSPS) is 13.2. The summed E-state index contributed by atoms with van der Waals surface area (Å²) in [6.07, 6.45) is 0. The molecule has 44 heavy (non-hydrogen) atoms. The number of nitrogens with one attached hydrogen (secondary N) is 1. The van der Waals surface area contributed by atoms with Crippen LogP contribution in [0.3, 0.4) is 0 Å². The van der Waals surface area contributed by atoms with Crippen LogP contribution in [0.15, 0.2) is 89.0 Å². The highest BCUT2D eigenvalue weighted by Crippen LogP contribution is 2.25. The molecule has 0 saturated heterocycles. The minimum absolute atomic E-state index is 0.114. The molecule has 3 amide bonds. The Hall–Kier alpha value is -5.57. The van der Waals surface area contributed by atoms with E-state index in [1.54, 1.807) is 28.9 Å². The van der Waals surface area contributed by atoms with Gasteiger partial charge in [0.2, 0.25) is 12.0 Å². The van der Waals surface area contributed by atoms with Gasteiger partial charge in [-0.3, -0.25) is 14.4 Å². The average Bonchev–Trinajstić information content (AvgIpc) is 3.50. The highest BCUT2D eigenvalue weighted by Gasteiger charge is 2.35. The maximum atomic E-state index is 12.9. The second kappa shape index (κ2) is 12.0. The molecule has 5 rings (SSSR count). The second-order valence-corrected chi connectivity index (χ2v) is 11.6. The highest BCUT2D eigenvalue weighted by atomic mass is 32.2. The van der Waals surface area contributed by atoms with Crippen molar-refractivity contribution in [2.45, 2.75) is 18.7 Å². The number of imide groups is 1. The highest BCUT2D eigenvalue weighted by molar-refractivity contribution is 7.90. The lowest BCUT2D eigenvalue weighted by Crippen LogP contribution is -2.41. The quantitative estimate of drug-likeness (QED) is 0.122. The lowest BCUT2D eigenvalue weighted by Gasteiger charge is -2.14. The SMILES string of the molecule is Cc1ccc(-c2cc(C)nn2-c2ccc(S(=O)(=O)NC(=O)CN(C)/[N+]([O-])=N/OCN3C(=O)c4ccccc4C3=O)cc2)cc1. The zero-order valence-corrected chi connectivity index (χ0v) is 24.7. The molecule has 1 aliphatic heterocycles. The Labute approximate surface area is 252 Å². The van der Waals surface area contributed by atoms with Gasteiger partial charge in [0.25, 0.3) is 27.7 Å². The molecule has 226 valence electrons. The maximum Gasteiger partial charge on any atom is 0.264 e. The van der Waals surface area contributed by atoms with Crippen molar-refractivity contribution in [2.24, 2.45) is 5.28 Å². The van der Waals surface area contributed by atoms with E-state index in [2.05, 4.69) is 10.4 Å². The van der Waals surface area contributed by atoms with Gasteiger partial charge in [-0.25, -0.2) is 22.7 Å². The molecule has 0 radical (unpaired) electrons. The second-order valence-electron chi connectivity index (χ2n) is 9.96. The Kier molecular flexibility index (Phi) is 8.13. The predicted molar refractivity (Wildman–Crippen MR) is 155 cm³/mol. The van der Waals surface area contributed by atoms with Gasteiger partial charge in [-0.05, 0) is 56.3 Å². The molecule has 2 heterocycles. The first-order valence-electron chi connectivity index (χ1n) is 13.2. The zero-order valence-electron chi connectivity index (χ0n) is 23.9. The predicted octanol–water partition coefficient (Wildman–Crippen LogP) is 2.96. The maximum absolute atomic E-state index is 12.9. The number of aryl methyl sites for hydroxylation is 2. The smallest absolute Gasteiger partial charge is 0.264 e. The molecule has 0 fully saturated rings. The van der Waals surface area contributed by atoms with Crippen LogP contribution in [0.2, 0.25) is 0 Å². The van der Waals surface area contributed by atoms with E-state index < -0.39 is 41.0 Å². The van der Waals surface area contributed by atoms with Gasteiger partial charge in [0.05, 0.1) is 45.1 Å². The van der Waals surface area contributed by atoms with Gasteiger partial charge in [0.1, 0.15) is 0 Å². The lowest BCUT2D eigenvalue weighted by molar-refractivity contribution is -0.703. The monoisotopic (exact) mass is 617 g/mol. The largest absolute Gasteiger partial charge is 0.569 e. The van der Waals surface area contributed by atoms with Gasteiger partial charge in [-0.15, -0.1) is 5.01 Å². The molecule has 3 aromatic carbocycles. The topological polar surface area (TPSA) is 169 Å². The van der Waals surface area contributed by atoms with E-state index in [0.717, 1.165) is 32.4 Å². The van der Waals surface area contributed by atoms with E-state index >= 15 is 0 Å². The summed E-state index contributed by atoms with van der Waals surface area (Å²) in [5.74, 6) is -2.22. The van der Waals surface area contributed by atoms with E-state index in [-0.39, 0.29) is 21.0 Å². The number of aromatic nitrogens is 2. The number of amides is 3. The Balaban J connectivity index is 1.18. The van der Waals surface area contributed by atoms with Crippen LogP contribution < -0.4 is 4.72 Å². The number of benzene rings is 3. The van der Waals surface area contributed by atoms with Crippen molar-refractivity contribution in [3.63, 3.8) is 0 Å². The van der Waals surface area contributed by atoms with Crippen LogP contribution in [0.5, 0.6) is 0 Å². The molecule has 4 aromatic rings. The van der Waals surface area contributed by atoms with Crippen LogP contribution in [0.25, 0.3) is 16.9 Å². The minimum atomic E-state index is -4.28. The fraction of sp³-hybridized carbons (Fsp3) is 0.172. The molecule has 1 aliphatic rings. The van der Waals surface area contributed by atoms with Crippen LogP contribution >= 0.6 is 0 Å². The van der Waals surface area contributed by atoms with Crippen LogP contribution in [0.4, 0.5) is 0 Å². The van der Waals surface area contributed by atoms with Crippen molar-refractivity contribution in [2.75, 3.05) is 20.3 Å². The lowest BCUT2D eigenvalue weighted by atomic mass is 10.1. The number of nitrogens with zero attached hydrogens (tertiary/aromatic N) is 6. The zero-order chi connectivity index (χ0) is 31.6. The fourth-order valence-corrected chi connectivity index (χ4v) is 5.43. The molecule has 1 N–H and O–H groups in total. The van der Waals surface area contributed by atoms with Gasteiger partial charge >= 0.3 is 0 Å². The molecular weight excluding hydrogens is 590 g/mol. The molecule has 14 nitrogen and oxygen atoms in total. The number of rotatable bonds is 10. The van der Waals surface area contributed by atoms with Gasteiger partial charge in [0, 0.05) is 5.56 Å². The summed E-state index contributed by atoms with van der Waals surface area (Å²) in [6.45, 7) is 2.51. The summed E-state index contributed by atoms with van der Waals surface area (Å²) in [7, 11) is -3.11. The van der Waals surface area contributed by atoms with Crippen molar-refractivity contribution < 1.29 is 32.6 Å². The average molecular weight is 618 g/mol. The summed E-state index contributed by atoms with van der Waals surface area (Å²) in [5.41, 5.74) is 4.68. The van der Waals surface area contributed by atoms with Crippen molar-refractivity contribution >= 4 is 27.7 Å². The van der Waals surface area contributed by atoms with Crippen LogP contribution in [-0.2, 0) is 19.7 Å². The van der Waals surface area contributed by atoms with E-state index in [9.17, 15) is 28.0 Å². The van der Waals surface area contributed by atoms with Crippen LogP contribution in [-0.4, -0.2) is 71.1 Å². The Morgan fingerprint density at radius 3 is 2.23 bits per heavy atom. The summed E-state index contributed by atoms with van der Waals surface area (Å²) in [4.78, 5) is 42.5. The van der Waals surface area contributed by atoms with Crippen LogP contribution in [0, 0.1) is 19.1 Å². The summed E-state index contributed by atoms with van der Waals surface area (Å²) >= 11 is 0. The molecule has 0 saturated carbocycles. The molecule has 0 unspecified atom stereocenters. The van der Waals surface area contributed by atoms with Crippen molar-refractivity contribution in [1.29, 1.82) is 0 Å². The first-order valence-corrected chi connectivity index (χ1v) is 14.7. The molecule has 0 bridgehead atoms. The van der Waals surface area contributed by atoms with Gasteiger partial charge in [-0.2, -0.15) is 5.10 Å². The van der Waals surface area contributed by atoms with Crippen molar-refractivity contribution in [3.05, 3.63) is 106 Å². The minimum Gasteiger partial charge on any atom is -0.569 e. The fourth-order valence-electron chi connectivity index (χ4n) is 4.45. The molecule has 0 aliphatic carbocycles. The number of sulfonamides is 1. The van der Waals surface area contributed by atoms with Gasteiger partial charge in [0.15, 0.2) is 6.54 Å². The third kappa shape index (κ3) is 6.12. The Morgan fingerprint density at radius 1 is 1.00 bits per heavy atom.